The van der Waals surface area contributed by atoms with Gasteiger partial charge in [0, 0.05) is 32.2 Å². The summed E-state index contributed by atoms with van der Waals surface area (Å²) in [5, 5.41) is 17.0. The number of para-hydroxylation sites is 1. The maximum Gasteiger partial charge on any atom is 0.343 e. The minimum absolute atomic E-state index is 0.0196. The second-order valence-corrected chi connectivity index (χ2v) is 7.92. The molecule has 0 amide bonds. The number of benzene rings is 1. The van der Waals surface area contributed by atoms with Gasteiger partial charge in [0.25, 0.3) is 0 Å². The molecular formula is C18H19N5O3S2. The van der Waals surface area contributed by atoms with E-state index < -0.39 is 0 Å². The molecule has 0 saturated carbocycles. The number of aromatic nitrogens is 3. The summed E-state index contributed by atoms with van der Waals surface area (Å²) in [6.07, 6.45) is 0.657. The Morgan fingerprint density at radius 2 is 2.21 bits per heavy atom. The number of nitrogens with one attached hydrogen (secondary N) is 1. The molecule has 2 heterocycles. The number of carbonyl (C=O) groups excluding carboxylic acids is 1. The fourth-order valence-electron chi connectivity index (χ4n) is 2.73. The van der Waals surface area contributed by atoms with Crippen molar-refractivity contribution in [2.24, 2.45) is 0 Å². The van der Waals surface area contributed by atoms with E-state index >= 15 is 0 Å². The van der Waals surface area contributed by atoms with Crippen molar-refractivity contribution < 1.29 is 9.53 Å². The normalized spacial score (nSPS) is 14.7. The number of thioether (sulfide) groups is 2. The van der Waals surface area contributed by atoms with Crippen molar-refractivity contribution in [1.29, 1.82) is 5.26 Å². The first-order valence-corrected chi connectivity index (χ1v) is 10.3. The van der Waals surface area contributed by atoms with Gasteiger partial charge >= 0.3 is 5.69 Å². The van der Waals surface area contributed by atoms with Crippen LogP contribution in [0, 0.1) is 11.3 Å². The average Bonchev–Trinajstić information content (AvgIpc) is 3.22. The molecule has 10 heteroatoms. The molecule has 146 valence electrons. The molecule has 0 aliphatic carbocycles. The first-order chi connectivity index (χ1) is 13.6. The Bertz CT molecular complexity index is 1010. The van der Waals surface area contributed by atoms with Gasteiger partial charge in [-0.25, -0.2) is 9.89 Å². The van der Waals surface area contributed by atoms with E-state index in [4.69, 9.17) is 4.74 Å². The zero-order chi connectivity index (χ0) is 20.1. The molecule has 8 nitrogen and oxygen atoms in total. The third kappa shape index (κ3) is 4.16. The fourth-order valence-corrected chi connectivity index (χ4v) is 4.74. The number of hydrogen-bond donors (Lipinski definition) is 1. The van der Waals surface area contributed by atoms with Gasteiger partial charge in [0.05, 0.1) is 11.4 Å². The summed E-state index contributed by atoms with van der Waals surface area (Å²) in [5.41, 5.74) is 0.751. The summed E-state index contributed by atoms with van der Waals surface area (Å²) in [4.78, 5) is 27.5. The van der Waals surface area contributed by atoms with Crippen molar-refractivity contribution in [1.82, 2.24) is 14.8 Å². The predicted octanol–water partition coefficient (Wildman–Crippen LogP) is 2.25. The minimum Gasteiger partial charge on any atom is -0.385 e. The molecule has 0 bridgehead atoms. The van der Waals surface area contributed by atoms with Crippen LogP contribution in [0.1, 0.15) is 6.42 Å². The molecule has 1 aliphatic heterocycles. The molecule has 28 heavy (non-hydrogen) atoms. The van der Waals surface area contributed by atoms with Crippen LogP contribution in [0.15, 0.2) is 49.7 Å². The van der Waals surface area contributed by atoms with Crippen molar-refractivity contribution in [3.05, 3.63) is 45.4 Å². The zero-order valence-electron chi connectivity index (χ0n) is 15.5. The van der Waals surface area contributed by atoms with E-state index in [1.165, 1.54) is 16.3 Å². The van der Waals surface area contributed by atoms with Gasteiger partial charge in [0.15, 0.2) is 10.9 Å². The molecule has 0 unspecified atom stereocenters. The summed E-state index contributed by atoms with van der Waals surface area (Å²) in [6, 6.07) is 9.80. The van der Waals surface area contributed by atoms with Gasteiger partial charge in [-0.2, -0.15) is 5.26 Å². The highest BCUT2D eigenvalue weighted by Crippen LogP contribution is 2.46. The van der Waals surface area contributed by atoms with Crippen LogP contribution in [0.25, 0.3) is 0 Å². The summed E-state index contributed by atoms with van der Waals surface area (Å²) in [6.45, 7) is 0.968. The highest BCUT2D eigenvalue weighted by atomic mass is 32.2. The van der Waals surface area contributed by atoms with Crippen LogP contribution in [0.5, 0.6) is 0 Å². The number of carbonyl (C=O) groups is 1. The Balaban J connectivity index is 1.73. The monoisotopic (exact) mass is 417 g/mol. The highest BCUT2D eigenvalue weighted by molar-refractivity contribution is 8.03. The van der Waals surface area contributed by atoms with Gasteiger partial charge in [0.2, 0.25) is 0 Å². The van der Waals surface area contributed by atoms with Gasteiger partial charge in [-0.1, -0.05) is 35.7 Å². The largest absolute Gasteiger partial charge is 0.385 e. The molecule has 3 rings (SSSR count). The number of aromatic amines is 1. The van der Waals surface area contributed by atoms with Crippen LogP contribution < -0.4 is 10.6 Å². The van der Waals surface area contributed by atoms with E-state index in [1.54, 1.807) is 7.11 Å². The lowest BCUT2D eigenvalue weighted by atomic mass is 10.2. The van der Waals surface area contributed by atoms with Gasteiger partial charge in [-0.15, -0.1) is 5.10 Å². The van der Waals surface area contributed by atoms with E-state index in [9.17, 15) is 14.9 Å². The summed E-state index contributed by atoms with van der Waals surface area (Å²) < 4.78 is 6.48. The number of nitriles is 1. The Labute approximate surface area is 170 Å². The van der Waals surface area contributed by atoms with Crippen LogP contribution >= 0.6 is 23.5 Å². The highest BCUT2D eigenvalue weighted by Gasteiger charge is 2.28. The van der Waals surface area contributed by atoms with Crippen molar-refractivity contribution in [3.63, 3.8) is 0 Å². The number of rotatable bonds is 8. The van der Waals surface area contributed by atoms with Crippen molar-refractivity contribution in [2.75, 3.05) is 31.4 Å². The zero-order valence-corrected chi connectivity index (χ0v) is 17.1. The van der Waals surface area contributed by atoms with Crippen LogP contribution in [0.4, 0.5) is 5.69 Å². The number of fused-ring (bicyclic) bond motifs is 1. The second-order valence-electron chi connectivity index (χ2n) is 5.94. The maximum absolute atomic E-state index is 12.7. The van der Waals surface area contributed by atoms with Gasteiger partial charge < -0.3 is 9.64 Å². The summed E-state index contributed by atoms with van der Waals surface area (Å²) in [5.74, 6) is -0.278. The molecule has 0 saturated heterocycles. The SMILES string of the molecule is COCCCn1c(SCC(=O)/C(C#N)=C2\Sc3ccccc3N2C)n[nH]c1=O. The first kappa shape index (κ1) is 20.3. The molecular weight excluding hydrogens is 398 g/mol. The van der Waals surface area contributed by atoms with E-state index in [0.29, 0.717) is 29.8 Å². The molecule has 0 atom stereocenters. The number of anilines is 1. The third-order valence-corrected chi connectivity index (χ3v) is 6.34. The molecule has 1 aromatic heterocycles. The number of allylic oxidation sites excluding steroid dienone is 1. The number of H-pyrrole nitrogens is 1. The topological polar surface area (TPSA) is 104 Å². The van der Waals surface area contributed by atoms with Crippen LogP contribution in [0.2, 0.25) is 0 Å². The van der Waals surface area contributed by atoms with E-state index in [0.717, 1.165) is 22.3 Å². The van der Waals surface area contributed by atoms with Crippen molar-refractivity contribution in [3.8, 4) is 6.07 Å². The Kier molecular flexibility index (Phi) is 6.61. The standard InChI is InChI=1S/C18H19N5O3S2/c1-22-13-6-3-4-7-15(13)28-16(22)12(10-19)14(24)11-27-18-21-20-17(25)23(18)8-5-9-26-2/h3-4,6-7H,5,8-9,11H2,1-2H3,(H,20,25)/b16-12-. The number of hydrogen-bond acceptors (Lipinski definition) is 8. The number of Topliss-reactive ketones (excluding diaryl/α,β-unsaturated/α-hetero) is 1. The number of nitrogens with zero attached hydrogens (tertiary/aromatic N) is 4. The lowest BCUT2D eigenvalue weighted by Crippen LogP contribution is -2.19. The summed E-state index contributed by atoms with van der Waals surface area (Å²) in [7, 11) is 3.44. The quantitative estimate of drug-likeness (QED) is 0.302. The van der Waals surface area contributed by atoms with Crippen LogP contribution in [-0.4, -0.2) is 47.1 Å². The first-order valence-electron chi connectivity index (χ1n) is 8.52. The summed E-state index contributed by atoms with van der Waals surface area (Å²) >= 11 is 2.55. The molecule has 1 N–H and O–H groups in total. The Hall–Kier alpha value is -2.48. The van der Waals surface area contributed by atoms with Crippen molar-refractivity contribution in [2.45, 2.75) is 23.0 Å². The Morgan fingerprint density at radius 1 is 1.43 bits per heavy atom. The average molecular weight is 418 g/mol. The van der Waals surface area contributed by atoms with Crippen LogP contribution in [-0.2, 0) is 16.1 Å². The molecule has 2 aromatic rings. The van der Waals surface area contributed by atoms with E-state index in [2.05, 4.69) is 10.2 Å². The maximum atomic E-state index is 12.7. The van der Waals surface area contributed by atoms with E-state index in [-0.39, 0.29) is 22.8 Å². The molecule has 0 spiro atoms. The van der Waals surface area contributed by atoms with E-state index in [1.807, 2.05) is 42.3 Å². The van der Waals surface area contributed by atoms with Gasteiger partial charge in [-0.05, 0) is 18.6 Å². The molecule has 0 radical (unpaired) electrons. The number of ketones is 1. The number of methoxy groups -OCH3 is 1. The number of ether oxygens (including phenoxy) is 1. The second kappa shape index (κ2) is 9.14. The minimum atomic E-state index is -0.327. The molecule has 1 aromatic carbocycles. The molecule has 0 fully saturated rings. The lowest BCUT2D eigenvalue weighted by molar-refractivity contribution is -0.112. The predicted molar refractivity (Wildman–Crippen MR) is 108 cm³/mol. The van der Waals surface area contributed by atoms with Crippen molar-refractivity contribution >= 4 is 35.0 Å². The third-order valence-electron chi connectivity index (χ3n) is 4.13. The van der Waals surface area contributed by atoms with Gasteiger partial charge in [0.1, 0.15) is 16.7 Å². The van der Waals surface area contributed by atoms with Crippen LogP contribution in [0.3, 0.4) is 0 Å². The Morgan fingerprint density at radius 3 is 2.93 bits per heavy atom. The lowest BCUT2D eigenvalue weighted by Gasteiger charge is -2.14. The smallest absolute Gasteiger partial charge is 0.343 e. The van der Waals surface area contributed by atoms with Gasteiger partial charge in [-0.3, -0.25) is 9.36 Å². The fraction of sp³-hybridized carbons (Fsp3) is 0.333. The molecule has 1 aliphatic rings.